The van der Waals surface area contributed by atoms with Crippen molar-refractivity contribution in [3.63, 3.8) is 0 Å². The van der Waals surface area contributed by atoms with E-state index >= 15 is 0 Å². The normalized spacial score (nSPS) is 24.4. The predicted molar refractivity (Wildman–Crippen MR) is 172 cm³/mol. The molecule has 2 aliphatic rings. The Morgan fingerprint density at radius 2 is 1.48 bits per heavy atom. The van der Waals surface area contributed by atoms with Crippen molar-refractivity contribution in [3.8, 4) is 0 Å². The van der Waals surface area contributed by atoms with E-state index in [1.165, 1.54) is 9.47 Å². The van der Waals surface area contributed by atoms with Gasteiger partial charge in [0.15, 0.2) is 0 Å². The van der Waals surface area contributed by atoms with Crippen LogP contribution in [0.5, 0.6) is 0 Å². The average molecular weight is 669 g/mol. The summed E-state index contributed by atoms with van der Waals surface area (Å²) >= 11 is 0. The first kappa shape index (κ1) is 35.9. The van der Waals surface area contributed by atoms with Gasteiger partial charge in [-0.15, -0.1) is 0 Å². The maximum Gasteiger partial charge on any atom is 0.323 e. The molecule has 2 aliphatic heterocycles. The van der Waals surface area contributed by atoms with E-state index in [2.05, 4.69) is 21.3 Å². The van der Waals surface area contributed by atoms with Crippen molar-refractivity contribution in [2.24, 2.45) is 11.8 Å². The van der Waals surface area contributed by atoms with Gasteiger partial charge in [-0.3, -0.25) is 33.6 Å². The third kappa shape index (κ3) is 8.49. The standard InChI is InChI=1S/C33H44N6O9/c1-17(2)12-21-29(44)34-22(13-19-15-38(16-27(42)43)24-9-6-5-8-20(19)24)30(45)36-23(14-26(40)41)33(48)39-11-7-10-25(39)31(46)37-28(18(3)4)32(47)35-21/h5-6,8-9,15,17-18,21-23,25,28H,7,10-14,16H2,1-4H3,(H,34,44)(H,35,47)(H,36,45)(H,37,46)(H,40,41)(H,42,43)/t21-,22+,23+,25-,28+/m0/s1. The molecule has 15 nitrogen and oxygen atoms in total. The van der Waals surface area contributed by atoms with Crippen molar-refractivity contribution in [1.82, 2.24) is 30.7 Å². The maximum absolute atomic E-state index is 14.0. The number of aromatic nitrogens is 1. The average Bonchev–Trinajstić information content (AvgIpc) is 3.62. The highest BCUT2D eigenvalue weighted by atomic mass is 16.4. The van der Waals surface area contributed by atoms with Gasteiger partial charge in [-0.25, -0.2) is 0 Å². The van der Waals surface area contributed by atoms with Crippen LogP contribution < -0.4 is 21.3 Å². The third-order valence-corrected chi connectivity index (χ3v) is 8.65. The molecule has 0 saturated carbocycles. The number of para-hydroxylation sites is 1. The predicted octanol–water partition coefficient (Wildman–Crippen LogP) is 0.389. The van der Waals surface area contributed by atoms with Crippen LogP contribution in [0.3, 0.4) is 0 Å². The minimum Gasteiger partial charge on any atom is -0.481 e. The number of fused-ring (bicyclic) bond motifs is 2. The molecular formula is C33H44N6O9. The highest BCUT2D eigenvalue weighted by Crippen LogP contribution is 2.24. The summed E-state index contributed by atoms with van der Waals surface area (Å²) in [6, 6.07) is 0.876. The van der Waals surface area contributed by atoms with E-state index < -0.39 is 84.0 Å². The van der Waals surface area contributed by atoms with Gasteiger partial charge in [0.05, 0.1) is 6.42 Å². The number of nitrogens with zero attached hydrogens (tertiary/aromatic N) is 2. The molecular weight excluding hydrogens is 624 g/mol. The molecule has 0 radical (unpaired) electrons. The monoisotopic (exact) mass is 668 g/mol. The Morgan fingerprint density at radius 3 is 2.12 bits per heavy atom. The molecule has 0 aliphatic carbocycles. The summed E-state index contributed by atoms with van der Waals surface area (Å²) in [4.78, 5) is 93.4. The third-order valence-electron chi connectivity index (χ3n) is 8.65. The lowest BCUT2D eigenvalue weighted by Gasteiger charge is -2.30. The largest absolute Gasteiger partial charge is 0.481 e. The minimum atomic E-state index is -1.56. The van der Waals surface area contributed by atoms with Crippen molar-refractivity contribution < 1.29 is 43.8 Å². The summed E-state index contributed by atoms with van der Waals surface area (Å²) < 4.78 is 1.50. The van der Waals surface area contributed by atoms with Gasteiger partial charge >= 0.3 is 11.9 Å². The molecule has 260 valence electrons. The lowest BCUT2D eigenvalue weighted by atomic mass is 9.98. The van der Waals surface area contributed by atoms with Crippen LogP contribution in [-0.4, -0.2) is 97.9 Å². The van der Waals surface area contributed by atoms with Gasteiger partial charge in [0.2, 0.25) is 29.5 Å². The van der Waals surface area contributed by atoms with E-state index in [-0.39, 0.29) is 38.3 Å². The molecule has 3 heterocycles. The first-order chi connectivity index (χ1) is 22.7. The molecule has 6 N–H and O–H groups in total. The fourth-order valence-corrected chi connectivity index (χ4v) is 6.36. The van der Waals surface area contributed by atoms with E-state index in [0.29, 0.717) is 22.9 Å². The zero-order valence-corrected chi connectivity index (χ0v) is 27.5. The molecule has 0 bridgehead atoms. The van der Waals surface area contributed by atoms with Crippen LogP contribution in [0.2, 0.25) is 0 Å². The molecule has 0 spiro atoms. The second kappa shape index (κ2) is 15.3. The number of amides is 5. The number of carbonyl (C=O) groups is 7. The number of carboxylic acid groups (broad SMARTS) is 2. The Balaban J connectivity index is 1.80. The molecule has 5 atom stereocenters. The first-order valence-electron chi connectivity index (χ1n) is 16.2. The molecule has 48 heavy (non-hydrogen) atoms. The van der Waals surface area contributed by atoms with Crippen LogP contribution in [0.15, 0.2) is 30.5 Å². The van der Waals surface area contributed by atoms with Gasteiger partial charge in [-0.2, -0.15) is 0 Å². The van der Waals surface area contributed by atoms with E-state index in [4.69, 9.17) is 0 Å². The Kier molecular flexibility index (Phi) is 11.4. The number of nitrogens with one attached hydrogen (secondary N) is 4. The molecule has 5 amide bonds. The number of carboxylic acids is 2. The zero-order chi connectivity index (χ0) is 35.3. The van der Waals surface area contributed by atoms with Gasteiger partial charge in [-0.1, -0.05) is 45.9 Å². The maximum atomic E-state index is 14.0. The molecule has 1 aromatic heterocycles. The van der Waals surface area contributed by atoms with Gasteiger partial charge in [0.1, 0.15) is 36.8 Å². The van der Waals surface area contributed by atoms with Crippen molar-refractivity contribution in [2.75, 3.05) is 6.54 Å². The van der Waals surface area contributed by atoms with Gasteiger partial charge in [-0.05, 0) is 42.7 Å². The number of hydrogen-bond donors (Lipinski definition) is 6. The summed E-state index contributed by atoms with van der Waals surface area (Å²) in [6.07, 6.45) is 1.56. The molecule has 2 aromatic rings. The van der Waals surface area contributed by atoms with Crippen molar-refractivity contribution >= 4 is 52.4 Å². The van der Waals surface area contributed by atoms with Crippen LogP contribution >= 0.6 is 0 Å². The summed E-state index contributed by atoms with van der Waals surface area (Å²) in [5, 5.41) is 30.5. The number of carbonyl (C=O) groups excluding carboxylic acids is 5. The van der Waals surface area contributed by atoms with Crippen LogP contribution in [-0.2, 0) is 46.5 Å². The van der Waals surface area contributed by atoms with E-state index in [9.17, 15) is 43.8 Å². The second-order valence-electron chi connectivity index (χ2n) is 13.2. The van der Waals surface area contributed by atoms with E-state index in [0.717, 1.165) is 0 Å². The molecule has 1 aromatic carbocycles. The second-order valence-corrected chi connectivity index (χ2v) is 13.2. The molecule has 15 heteroatoms. The molecule has 0 unspecified atom stereocenters. The van der Waals surface area contributed by atoms with Gasteiger partial charge in [0.25, 0.3) is 0 Å². The van der Waals surface area contributed by atoms with Crippen LogP contribution in [0.4, 0.5) is 0 Å². The van der Waals surface area contributed by atoms with Crippen LogP contribution in [0, 0.1) is 11.8 Å². The number of aliphatic carboxylic acids is 2. The van der Waals surface area contributed by atoms with Gasteiger partial charge in [0, 0.05) is 30.1 Å². The number of benzene rings is 1. The first-order valence-corrected chi connectivity index (χ1v) is 16.2. The fraction of sp³-hybridized carbons (Fsp3) is 0.545. The summed E-state index contributed by atoms with van der Waals surface area (Å²) in [7, 11) is 0. The van der Waals surface area contributed by atoms with Crippen molar-refractivity contribution in [2.45, 2.75) is 96.6 Å². The highest BCUT2D eigenvalue weighted by Gasteiger charge is 2.41. The summed E-state index contributed by atoms with van der Waals surface area (Å²) in [5.41, 5.74) is 1.10. The van der Waals surface area contributed by atoms with Crippen molar-refractivity contribution in [1.29, 1.82) is 0 Å². The van der Waals surface area contributed by atoms with E-state index in [1.807, 2.05) is 13.8 Å². The van der Waals surface area contributed by atoms with Crippen molar-refractivity contribution in [3.05, 3.63) is 36.0 Å². The number of rotatable bonds is 9. The molecule has 4 rings (SSSR count). The fourth-order valence-electron chi connectivity index (χ4n) is 6.36. The van der Waals surface area contributed by atoms with Crippen LogP contribution in [0.1, 0.15) is 58.9 Å². The number of hydrogen-bond acceptors (Lipinski definition) is 7. The van der Waals surface area contributed by atoms with Crippen LogP contribution in [0.25, 0.3) is 10.9 Å². The topological polar surface area (TPSA) is 216 Å². The lowest BCUT2D eigenvalue weighted by Crippen LogP contribution is -2.59. The quantitative estimate of drug-likeness (QED) is 0.218. The minimum absolute atomic E-state index is 0.0684. The summed E-state index contributed by atoms with van der Waals surface area (Å²) in [6.45, 7) is 6.96. The Morgan fingerprint density at radius 1 is 0.833 bits per heavy atom. The van der Waals surface area contributed by atoms with E-state index in [1.54, 1.807) is 44.3 Å². The smallest absolute Gasteiger partial charge is 0.323 e. The Bertz CT molecular complexity index is 1580. The molecule has 2 fully saturated rings. The Labute approximate surface area is 277 Å². The Hall–Kier alpha value is -4.95. The van der Waals surface area contributed by atoms with Gasteiger partial charge < -0.3 is 40.9 Å². The SMILES string of the molecule is CC(C)C[C@@H]1NC(=O)[C@@H](C(C)C)NC(=O)[C@@H]2CCCN2C(=O)[C@@H](CC(=O)O)NC(=O)[C@@H](Cc2cn(CC(=O)O)c3ccccc23)NC1=O. The zero-order valence-electron chi connectivity index (χ0n) is 27.5. The lowest BCUT2D eigenvalue weighted by molar-refractivity contribution is -0.146. The summed E-state index contributed by atoms with van der Waals surface area (Å²) in [5.74, 6) is -6.44. The highest BCUT2D eigenvalue weighted by molar-refractivity contribution is 5.99. The molecule has 2 saturated heterocycles.